The molecule has 20 heavy (non-hydrogen) atoms. The van der Waals surface area contributed by atoms with E-state index in [4.69, 9.17) is 0 Å². The van der Waals surface area contributed by atoms with Gasteiger partial charge in [0.25, 0.3) is 0 Å². The van der Waals surface area contributed by atoms with Crippen LogP contribution in [0, 0.1) is 12.8 Å². The number of piperidine rings is 1. The smallest absolute Gasteiger partial charge is 0.237 e. The molecule has 0 aromatic heterocycles. The minimum Gasteiger partial charge on any atom is -0.354 e. The second kappa shape index (κ2) is 7.44. The van der Waals surface area contributed by atoms with Crippen molar-refractivity contribution in [3.8, 4) is 0 Å². The van der Waals surface area contributed by atoms with Crippen molar-refractivity contribution in [2.45, 2.75) is 45.6 Å². The number of aryl methyl sites for hydroxylation is 1. The molecule has 3 nitrogen and oxygen atoms in total. The van der Waals surface area contributed by atoms with E-state index in [1.54, 1.807) is 0 Å². The van der Waals surface area contributed by atoms with Crippen molar-refractivity contribution < 1.29 is 4.79 Å². The monoisotopic (exact) mass is 274 g/mol. The molecule has 2 rings (SSSR count). The molecule has 110 valence electrons. The van der Waals surface area contributed by atoms with E-state index in [9.17, 15) is 4.79 Å². The summed E-state index contributed by atoms with van der Waals surface area (Å²) in [6.07, 6.45) is 4.25. The number of hydrogen-bond donors (Lipinski definition) is 2. The highest BCUT2D eigenvalue weighted by molar-refractivity contribution is 5.81. The van der Waals surface area contributed by atoms with Crippen LogP contribution in [-0.2, 0) is 11.2 Å². The van der Waals surface area contributed by atoms with Gasteiger partial charge in [-0.05, 0) is 44.2 Å². The van der Waals surface area contributed by atoms with Gasteiger partial charge in [0.2, 0.25) is 5.91 Å². The van der Waals surface area contributed by atoms with Gasteiger partial charge in [0.1, 0.15) is 0 Å². The summed E-state index contributed by atoms with van der Waals surface area (Å²) in [5.74, 6) is 0.861. The lowest BCUT2D eigenvalue weighted by Gasteiger charge is -2.28. The Morgan fingerprint density at radius 3 is 3.05 bits per heavy atom. The number of nitrogens with one attached hydrogen (secondary N) is 2. The van der Waals surface area contributed by atoms with Crippen LogP contribution in [0.25, 0.3) is 0 Å². The molecule has 1 heterocycles. The third-order valence-corrected chi connectivity index (χ3v) is 4.20. The summed E-state index contributed by atoms with van der Waals surface area (Å²) in [5.41, 5.74) is 2.56. The van der Waals surface area contributed by atoms with Gasteiger partial charge in [-0.3, -0.25) is 4.79 Å². The fourth-order valence-electron chi connectivity index (χ4n) is 2.89. The SMILES string of the molecule is CCC1CCNC(C(=O)NCCc2cccc(C)c2)C1. The molecule has 2 N–H and O–H groups in total. The number of rotatable bonds is 5. The number of amides is 1. The Balaban J connectivity index is 1.75. The van der Waals surface area contributed by atoms with Crippen LogP contribution in [0.15, 0.2) is 24.3 Å². The van der Waals surface area contributed by atoms with Gasteiger partial charge in [0.15, 0.2) is 0 Å². The van der Waals surface area contributed by atoms with E-state index in [1.165, 1.54) is 24.0 Å². The molecule has 0 radical (unpaired) electrons. The fourth-order valence-corrected chi connectivity index (χ4v) is 2.89. The third-order valence-electron chi connectivity index (χ3n) is 4.20. The Morgan fingerprint density at radius 1 is 1.45 bits per heavy atom. The Kier molecular flexibility index (Phi) is 5.60. The molecule has 1 aromatic rings. The van der Waals surface area contributed by atoms with Gasteiger partial charge in [0, 0.05) is 6.54 Å². The number of hydrogen-bond acceptors (Lipinski definition) is 2. The van der Waals surface area contributed by atoms with Crippen molar-refractivity contribution >= 4 is 5.91 Å². The molecule has 1 aromatic carbocycles. The van der Waals surface area contributed by atoms with Crippen LogP contribution < -0.4 is 10.6 Å². The summed E-state index contributed by atoms with van der Waals surface area (Å²) in [5, 5.41) is 6.39. The second-order valence-corrected chi connectivity index (χ2v) is 5.84. The second-order valence-electron chi connectivity index (χ2n) is 5.84. The zero-order valence-corrected chi connectivity index (χ0v) is 12.6. The molecule has 2 unspecified atom stereocenters. The van der Waals surface area contributed by atoms with Crippen molar-refractivity contribution in [2.75, 3.05) is 13.1 Å². The molecule has 1 aliphatic heterocycles. The van der Waals surface area contributed by atoms with Crippen LogP contribution in [0.1, 0.15) is 37.3 Å². The zero-order chi connectivity index (χ0) is 14.4. The summed E-state index contributed by atoms with van der Waals surface area (Å²) < 4.78 is 0. The van der Waals surface area contributed by atoms with Gasteiger partial charge in [-0.2, -0.15) is 0 Å². The largest absolute Gasteiger partial charge is 0.354 e. The zero-order valence-electron chi connectivity index (χ0n) is 12.6. The molecule has 0 bridgehead atoms. The predicted octanol–water partition coefficient (Wildman–Crippen LogP) is 2.43. The molecule has 1 amide bonds. The lowest BCUT2D eigenvalue weighted by Crippen LogP contribution is -2.49. The Labute approximate surface area is 122 Å². The van der Waals surface area contributed by atoms with Crippen LogP contribution in [0.2, 0.25) is 0 Å². The van der Waals surface area contributed by atoms with E-state index in [1.807, 2.05) is 0 Å². The molecule has 0 aliphatic carbocycles. The van der Waals surface area contributed by atoms with Gasteiger partial charge in [-0.15, -0.1) is 0 Å². The van der Waals surface area contributed by atoms with Gasteiger partial charge in [-0.1, -0.05) is 43.2 Å². The van der Waals surface area contributed by atoms with Crippen LogP contribution in [0.3, 0.4) is 0 Å². The van der Waals surface area contributed by atoms with Crippen molar-refractivity contribution in [1.29, 1.82) is 0 Å². The number of carbonyl (C=O) groups is 1. The molecule has 0 spiro atoms. The molecule has 2 atom stereocenters. The molecular weight excluding hydrogens is 248 g/mol. The lowest BCUT2D eigenvalue weighted by molar-refractivity contribution is -0.124. The van der Waals surface area contributed by atoms with E-state index < -0.39 is 0 Å². The maximum atomic E-state index is 12.1. The molecule has 0 saturated carbocycles. The highest BCUT2D eigenvalue weighted by Gasteiger charge is 2.25. The average molecular weight is 274 g/mol. The topological polar surface area (TPSA) is 41.1 Å². The number of carbonyl (C=O) groups excluding carboxylic acids is 1. The molecular formula is C17H26N2O. The van der Waals surface area contributed by atoms with E-state index in [0.717, 1.165) is 25.9 Å². The van der Waals surface area contributed by atoms with Crippen LogP contribution in [0.4, 0.5) is 0 Å². The number of benzene rings is 1. The van der Waals surface area contributed by atoms with Crippen LogP contribution in [0.5, 0.6) is 0 Å². The maximum absolute atomic E-state index is 12.1. The first-order valence-electron chi connectivity index (χ1n) is 7.75. The minimum atomic E-state index is 0.00575. The summed E-state index contributed by atoms with van der Waals surface area (Å²) in [6, 6.07) is 8.47. The van der Waals surface area contributed by atoms with E-state index >= 15 is 0 Å². The van der Waals surface area contributed by atoms with Crippen molar-refractivity contribution in [3.05, 3.63) is 35.4 Å². The van der Waals surface area contributed by atoms with Gasteiger partial charge in [-0.25, -0.2) is 0 Å². The Bertz CT molecular complexity index is 444. The molecule has 1 fully saturated rings. The van der Waals surface area contributed by atoms with Crippen molar-refractivity contribution in [2.24, 2.45) is 5.92 Å². The first-order chi connectivity index (χ1) is 9.69. The third kappa shape index (κ3) is 4.34. The fraction of sp³-hybridized carbons (Fsp3) is 0.588. The summed E-state index contributed by atoms with van der Waals surface area (Å²) in [4.78, 5) is 12.1. The van der Waals surface area contributed by atoms with E-state index in [-0.39, 0.29) is 11.9 Å². The van der Waals surface area contributed by atoms with Crippen molar-refractivity contribution in [3.63, 3.8) is 0 Å². The molecule has 3 heteroatoms. The summed E-state index contributed by atoms with van der Waals surface area (Å²) in [7, 11) is 0. The van der Waals surface area contributed by atoms with E-state index in [0.29, 0.717) is 5.92 Å². The van der Waals surface area contributed by atoms with E-state index in [2.05, 4.69) is 48.7 Å². The quantitative estimate of drug-likeness (QED) is 0.866. The van der Waals surface area contributed by atoms with Crippen LogP contribution >= 0.6 is 0 Å². The Hall–Kier alpha value is -1.35. The normalized spacial score (nSPS) is 22.5. The summed E-state index contributed by atoms with van der Waals surface area (Å²) in [6.45, 7) is 5.99. The standard InChI is InChI=1S/C17H26N2O/c1-3-14-7-9-18-16(12-14)17(20)19-10-8-15-6-4-5-13(2)11-15/h4-6,11,14,16,18H,3,7-10,12H2,1-2H3,(H,19,20). The van der Waals surface area contributed by atoms with Crippen LogP contribution in [-0.4, -0.2) is 25.0 Å². The van der Waals surface area contributed by atoms with Gasteiger partial charge < -0.3 is 10.6 Å². The average Bonchev–Trinajstić information content (AvgIpc) is 2.47. The Morgan fingerprint density at radius 2 is 2.30 bits per heavy atom. The van der Waals surface area contributed by atoms with Gasteiger partial charge >= 0.3 is 0 Å². The molecule has 1 aliphatic rings. The predicted molar refractivity (Wildman–Crippen MR) is 82.7 cm³/mol. The first kappa shape index (κ1) is 15.0. The lowest BCUT2D eigenvalue weighted by atomic mass is 9.90. The minimum absolute atomic E-state index is 0.00575. The summed E-state index contributed by atoms with van der Waals surface area (Å²) >= 11 is 0. The molecule has 1 saturated heterocycles. The highest BCUT2D eigenvalue weighted by Crippen LogP contribution is 2.19. The maximum Gasteiger partial charge on any atom is 0.237 e. The van der Waals surface area contributed by atoms with Crippen molar-refractivity contribution in [1.82, 2.24) is 10.6 Å². The van der Waals surface area contributed by atoms with Gasteiger partial charge in [0.05, 0.1) is 6.04 Å². The first-order valence-corrected chi connectivity index (χ1v) is 7.75. The highest BCUT2D eigenvalue weighted by atomic mass is 16.2.